The number of ether oxygens (including phenoxy) is 2. The molecule has 2 aromatic rings. The minimum atomic E-state index is -0.00934. The van der Waals surface area contributed by atoms with Crippen molar-refractivity contribution in [1.29, 1.82) is 0 Å². The zero-order valence-corrected chi connectivity index (χ0v) is 16.9. The van der Waals surface area contributed by atoms with Crippen molar-refractivity contribution >= 4 is 17.3 Å². The Morgan fingerprint density at radius 3 is 2.69 bits per heavy atom. The van der Waals surface area contributed by atoms with Crippen molar-refractivity contribution in [2.75, 3.05) is 27.2 Å². The molecule has 1 aromatic heterocycles. The van der Waals surface area contributed by atoms with E-state index in [2.05, 4.69) is 27.5 Å². The van der Waals surface area contributed by atoms with Crippen LogP contribution in [-0.2, 0) is 6.42 Å². The predicted octanol–water partition coefficient (Wildman–Crippen LogP) is 2.94. The molecule has 1 heterocycles. The molecule has 0 radical (unpaired) electrons. The number of aryl methyl sites for hydroxylation is 2. The lowest BCUT2D eigenvalue weighted by atomic mass is 10.3. The van der Waals surface area contributed by atoms with Gasteiger partial charge in [0.15, 0.2) is 5.96 Å². The number of methoxy groups -OCH3 is 1. The first-order valence-electron chi connectivity index (χ1n) is 8.70. The Hall–Kier alpha value is -2.28. The van der Waals surface area contributed by atoms with Crippen molar-refractivity contribution in [3.63, 3.8) is 0 Å². The molecule has 0 bridgehead atoms. The zero-order chi connectivity index (χ0) is 18.9. The lowest BCUT2D eigenvalue weighted by Crippen LogP contribution is -2.42. The minimum Gasteiger partial charge on any atom is -0.497 e. The van der Waals surface area contributed by atoms with E-state index in [1.807, 2.05) is 38.1 Å². The largest absolute Gasteiger partial charge is 0.497 e. The van der Waals surface area contributed by atoms with Crippen LogP contribution >= 0.6 is 11.3 Å². The third kappa shape index (κ3) is 6.22. The monoisotopic (exact) mass is 376 g/mol. The van der Waals surface area contributed by atoms with Gasteiger partial charge in [0.05, 0.1) is 24.4 Å². The van der Waals surface area contributed by atoms with Gasteiger partial charge in [-0.1, -0.05) is 6.07 Å². The highest BCUT2D eigenvalue weighted by Gasteiger charge is 2.07. The molecule has 0 saturated heterocycles. The summed E-state index contributed by atoms with van der Waals surface area (Å²) in [6, 6.07) is 7.61. The maximum atomic E-state index is 5.91. The summed E-state index contributed by atoms with van der Waals surface area (Å²) < 4.78 is 11.1. The summed E-state index contributed by atoms with van der Waals surface area (Å²) >= 11 is 1.75. The second-order valence-electron chi connectivity index (χ2n) is 5.99. The maximum absolute atomic E-state index is 5.91. The molecule has 0 fully saturated rings. The summed E-state index contributed by atoms with van der Waals surface area (Å²) in [5.74, 6) is 2.33. The fourth-order valence-electron chi connectivity index (χ4n) is 2.34. The minimum absolute atomic E-state index is 0.00934. The SMILES string of the molecule is CN=C(NCCc1nc(C)c(C)s1)NCC(C)Oc1cccc(OC)c1. The second kappa shape index (κ2) is 10.0. The molecule has 0 aliphatic carbocycles. The molecular weight excluding hydrogens is 348 g/mol. The zero-order valence-electron chi connectivity index (χ0n) is 16.1. The average Bonchev–Trinajstić information content (AvgIpc) is 2.95. The molecule has 7 heteroatoms. The van der Waals surface area contributed by atoms with Crippen LogP contribution in [0.3, 0.4) is 0 Å². The van der Waals surface area contributed by atoms with Gasteiger partial charge >= 0.3 is 0 Å². The van der Waals surface area contributed by atoms with Gasteiger partial charge in [-0.3, -0.25) is 4.99 Å². The van der Waals surface area contributed by atoms with Gasteiger partial charge in [-0.2, -0.15) is 0 Å². The average molecular weight is 377 g/mol. The number of guanidine groups is 1. The first kappa shape index (κ1) is 20.0. The summed E-state index contributed by atoms with van der Waals surface area (Å²) in [7, 11) is 3.41. The van der Waals surface area contributed by atoms with Gasteiger partial charge in [-0.05, 0) is 32.9 Å². The van der Waals surface area contributed by atoms with Gasteiger partial charge in [0, 0.05) is 31.0 Å². The van der Waals surface area contributed by atoms with Crippen molar-refractivity contribution in [3.8, 4) is 11.5 Å². The van der Waals surface area contributed by atoms with Crippen LogP contribution in [0.2, 0.25) is 0 Å². The van der Waals surface area contributed by atoms with Crippen molar-refractivity contribution in [3.05, 3.63) is 39.8 Å². The van der Waals surface area contributed by atoms with Crippen molar-refractivity contribution in [2.45, 2.75) is 33.3 Å². The van der Waals surface area contributed by atoms with Crippen LogP contribution in [0.15, 0.2) is 29.3 Å². The molecule has 6 nitrogen and oxygen atoms in total. The number of benzene rings is 1. The van der Waals surface area contributed by atoms with E-state index in [1.54, 1.807) is 25.5 Å². The Bertz CT molecular complexity index is 711. The molecule has 1 atom stereocenters. The van der Waals surface area contributed by atoms with Crippen LogP contribution in [0.25, 0.3) is 0 Å². The molecule has 1 unspecified atom stereocenters. The van der Waals surface area contributed by atoms with E-state index in [0.29, 0.717) is 6.54 Å². The van der Waals surface area contributed by atoms with Gasteiger partial charge in [0.25, 0.3) is 0 Å². The highest BCUT2D eigenvalue weighted by molar-refractivity contribution is 7.11. The molecule has 0 aliphatic heterocycles. The molecule has 142 valence electrons. The topological polar surface area (TPSA) is 67.8 Å². The number of aliphatic imine (C=N–C) groups is 1. The molecule has 0 saturated carbocycles. The van der Waals surface area contributed by atoms with Crippen molar-refractivity contribution in [2.24, 2.45) is 4.99 Å². The standard InChI is InChI=1S/C19H28N4O2S/c1-13(25-17-8-6-7-16(11-17)24-5)12-22-19(20-4)21-10-9-18-23-14(2)15(3)26-18/h6-8,11,13H,9-10,12H2,1-5H3,(H2,20,21,22). The van der Waals surface area contributed by atoms with Crippen LogP contribution in [0.5, 0.6) is 11.5 Å². The lowest BCUT2D eigenvalue weighted by Gasteiger charge is -2.18. The number of thiazole rings is 1. The van der Waals surface area contributed by atoms with E-state index in [9.17, 15) is 0 Å². The van der Waals surface area contributed by atoms with Gasteiger partial charge in [0.1, 0.15) is 17.6 Å². The normalized spacial score (nSPS) is 12.6. The number of nitrogens with zero attached hydrogens (tertiary/aromatic N) is 2. The summed E-state index contributed by atoms with van der Waals surface area (Å²) in [6.45, 7) is 7.60. The van der Waals surface area contributed by atoms with E-state index < -0.39 is 0 Å². The Morgan fingerprint density at radius 2 is 2.04 bits per heavy atom. The quantitative estimate of drug-likeness (QED) is 0.548. The summed E-state index contributed by atoms with van der Waals surface area (Å²) in [5.41, 5.74) is 1.12. The van der Waals surface area contributed by atoms with Crippen LogP contribution in [-0.4, -0.2) is 44.3 Å². The Balaban J connectivity index is 1.73. The first-order chi connectivity index (χ1) is 12.5. The predicted molar refractivity (Wildman–Crippen MR) is 108 cm³/mol. The smallest absolute Gasteiger partial charge is 0.191 e. The lowest BCUT2D eigenvalue weighted by molar-refractivity contribution is 0.223. The van der Waals surface area contributed by atoms with Gasteiger partial charge in [0.2, 0.25) is 0 Å². The van der Waals surface area contributed by atoms with E-state index in [1.165, 1.54) is 4.88 Å². The highest BCUT2D eigenvalue weighted by atomic mass is 32.1. The van der Waals surface area contributed by atoms with Gasteiger partial charge < -0.3 is 20.1 Å². The van der Waals surface area contributed by atoms with Gasteiger partial charge in [-0.15, -0.1) is 11.3 Å². The van der Waals surface area contributed by atoms with E-state index >= 15 is 0 Å². The molecule has 2 rings (SSSR count). The van der Waals surface area contributed by atoms with Crippen LogP contribution < -0.4 is 20.1 Å². The molecular formula is C19H28N4O2S. The van der Waals surface area contributed by atoms with Crippen LogP contribution in [0.4, 0.5) is 0 Å². The molecule has 0 spiro atoms. The highest BCUT2D eigenvalue weighted by Crippen LogP contribution is 2.19. The Morgan fingerprint density at radius 1 is 1.27 bits per heavy atom. The molecule has 1 aromatic carbocycles. The molecule has 2 N–H and O–H groups in total. The summed E-state index contributed by atoms with van der Waals surface area (Å²) in [5, 5.41) is 7.75. The van der Waals surface area contributed by atoms with Crippen LogP contribution in [0, 0.1) is 13.8 Å². The third-order valence-electron chi connectivity index (χ3n) is 3.86. The Labute approximate surface area is 159 Å². The van der Waals surface area contributed by atoms with E-state index in [-0.39, 0.29) is 6.10 Å². The van der Waals surface area contributed by atoms with E-state index in [0.717, 1.165) is 41.1 Å². The second-order valence-corrected chi connectivity index (χ2v) is 7.27. The molecule has 26 heavy (non-hydrogen) atoms. The number of aromatic nitrogens is 1. The van der Waals surface area contributed by atoms with E-state index in [4.69, 9.17) is 9.47 Å². The fraction of sp³-hybridized carbons (Fsp3) is 0.474. The summed E-state index contributed by atoms with van der Waals surface area (Å²) in [4.78, 5) is 10.1. The number of nitrogens with one attached hydrogen (secondary N) is 2. The fourth-order valence-corrected chi connectivity index (χ4v) is 3.28. The van der Waals surface area contributed by atoms with Crippen molar-refractivity contribution < 1.29 is 9.47 Å². The number of hydrogen-bond acceptors (Lipinski definition) is 5. The molecule has 0 amide bonds. The van der Waals surface area contributed by atoms with Crippen molar-refractivity contribution in [1.82, 2.24) is 15.6 Å². The maximum Gasteiger partial charge on any atom is 0.191 e. The first-order valence-corrected chi connectivity index (χ1v) is 9.51. The molecule has 0 aliphatic rings. The number of hydrogen-bond donors (Lipinski definition) is 2. The third-order valence-corrected chi connectivity index (χ3v) is 5.00. The Kier molecular flexibility index (Phi) is 7.72. The van der Waals surface area contributed by atoms with Crippen LogP contribution in [0.1, 0.15) is 22.5 Å². The van der Waals surface area contributed by atoms with Gasteiger partial charge in [-0.25, -0.2) is 4.98 Å². The summed E-state index contributed by atoms with van der Waals surface area (Å²) in [6.07, 6.45) is 0.875. The number of rotatable bonds is 8.